The third-order valence-electron chi connectivity index (χ3n) is 7.15. The van der Waals surface area contributed by atoms with Crippen molar-refractivity contribution in [3.63, 3.8) is 0 Å². The number of carbonyl (C=O) groups is 3. The Balaban J connectivity index is 1.63. The molecule has 3 rings (SSSR count). The van der Waals surface area contributed by atoms with Crippen LogP contribution >= 0.6 is 0 Å². The number of alkyl halides is 3. The minimum absolute atomic E-state index is 0.0143. The second-order valence-corrected chi connectivity index (χ2v) is 12.2. The van der Waals surface area contributed by atoms with E-state index in [1.165, 1.54) is 11.1 Å². The molecule has 7 nitrogen and oxygen atoms in total. The van der Waals surface area contributed by atoms with Crippen molar-refractivity contribution in [2.24, 2.45) is 11.8 Å². The molecule has 0 heterocycles. The Bertz CT molecular complexity index is 1300. The minimum atomic E-state index is -5.35. The van der Waals surface area contributed by atoms with Gasteiger partial charge in [0.25, 0.3) is 0 Å². The van der Waals surface area contributed by atoms with Gasteiger partial charge in [0.1, 0.15) is 12.7 Å². The molecule has 0 saturated heterocycles. The predicted molar refractivity (Wildman–Crippen MR) is 151 cm³/mol. The SMILES string of the molecule is CC(C)CC(=O)O[C@@H](CNC(C)(C)CC1Cc2ccccc2C1)COc1cc(CCC(=O)OC(=O)C(F)(F)F)cc(F)c1F. The number of ether oxygens (including phenoxy) is 3. The van der Waals surface area contributed by atoms with E-state index in [1.54, 1.807) is 0 Å². The van der Waals surface area contributed by atoms with Gasteiger partial charge in [-0.3, -0.25) is 9.59 Å². The fourth-order valence-corrected chi connectivity index (χ4v) is 5.19. The third-order valence-corrected chi connectivity index (χ3v) is 7.15. The maximum atomic E-state index is 14.6. The van der Waals surface area contributed by atoms with Gasteiger partial charge in [-0.2, -0.15) is 17.6 Å². The summed E-state index contributed by atoms with van der Waals surface area (Å²) in [5.41, 5.74) is 2.34. The minimum Gasteiger partial charge on any atom is -0.486 e. The molecule has 0 aromatic heterocycles. The fourth-order valence-electron chi connectivity index (χ4n) is 5.19. The van der Waals surface area contributed by atoms with Crippen LogP contribution in [0.2, 0.25) is 0 Å². The summed E-state index contributed by atoms with van der Waals surface area (Å²) < 4.78 is 80.7. The summed E-state index contributed by atoms with van der Waals surface area (Å²) in [4.78, 5) is 34.9. The summed E-state index contributed by atoms with van der Waals surface area (Å²) in [6.45, 7) is 7.62. The Labute approximate surface area is 253 Å². The Morgan fingerprint density at radius 3 is 2.23 bits per heavy atom. The monoisotopic (exact) mass is 627 g/mol. The standard InChI is InChI=1S/C32H38F5NO6/c1-19(2)11-28(40)43-24(17-38-31(3,4)16-21-12-22-7-5-6-8-23(22)13-21)18-42-26-15-20(14-25(33)29(26)34)9-10-27(39)44-30(41)32(35,36)37/h5-8,14-15,19,21,24,38H,9-13,16-18H2,1-4H3/t24-/m0/s1. The first-order valence-corrected chi connectivity index (χ1v) is 14.5. The molecule has 0 amide bonds. The number of hydrogen-bond acceptors (Lipinski definition) is 7. The topological polar surface area (TPSA) is 90.9 Å². The van der Waals surface area contributed by atoms with Gasteiger partial charge in [0, 0.05) is 18.5 Å². The summed E-state index contributed by atoms with van der Waals surface area (Å²) in [6.07, 6.45) is -4.35. The number of aryl methyl sites for hydroxylation is 1. The van der Waals surface area contributed by atoms with E-state index in [0.29, 0.717) is 5.92 Å². The molecule has 1 N–H and O–H groups in total. The molecule has 0 bridgehead atoms. The quantitative estimate of drug-likeness (QED) is 0.155. The van der Waals surface area contributed by atoms with Crippen molar-refractivity contribution in [3.05, 3.63) is 64.7 Å². The third kappa shape index (κ3) is 10.9. The molecule has 1 aliphatic carbocycles. The van der Waals surface area contributed by atoms with Crippen LogP contribution in [0.25, 0.3) is 0 Å². The maximum Gasteiger partial charge on any atom is 0.491 e. The summed E-state index contributed by atoms with van der Waals surface area (Å²) in [5.74, 6) is -7.35. The van der Waals surface area contributed by atoms with Crippen LogP contribution in [0.3, 0.4) is 0 Å². The van der Waals surface area contributed by atoms with Crippen LogP contribution in [0.4, 0.5) is 22.0 Å². The number of carbonyl (C=O) groups excluding carboxylic acids is 3. The molecule has 242 valence electrons. The van der Waals surface area contributed by atoms with Crippen molar-refractivity contribution in [1.82, 2.24) is 5.32 Å². The van der Waals surface area contributed by atoms with Gasteiger partial charge < -0.3 is 19.5 Å². The van der Waals surface area contributed by atoms with E-state index < -0.39 is 54.0 Å². The summed E-state index contributed by atoms with van der Waals surface area (Å²) in [6, 6.07) is 10.2. The van der Waals surface area contributed by atoms with Gasteiger partial charge in [-0.1, -0.05) is 38.1 Å². The van der Waals surface area contributed by atoms with Crippen molar-refractivity contribution in [2.45, 2.75) is 84.0 Å². The number of benzene rings is 2. The second kappa shape index (κ2) is 15.0. The first kappa shape index (κ1) is 34.9. The zero-order chi connectivity index (χ0) is 32.7. The van der Waals surface area contributed by atoms with Gasteiger partial charge in [0.15, 0.2) is 11.6 Å². The summed E-state index contributed by atoms with van der Waals surface area (Å²) in [5, 5.41) is 3.42. The average Bonchev–Trinajstić information content (AvgIpc) is 3.31. The molecule has 1 aliphatic rings. The number of halogens is 5. The van der Waals surface area contributed by atoms with Crippen molar-refractivity contribution in [2.75, 3.05) is 13.2 Å². The van der Waals surface area contributed by atoms with E-state index in [9.17, 15) is 36.3 Å². The smallest absolute Gasteiger partial charge is 0.486 e. The predicted octanol–water partition coefficient (Wildman–Crippen LogP) is 6.04. The van der Waals surface area contributed by atoms with Gasteiger partial charge in [-0.15, -0.1) is 0 Å². The van der Waals surface area contributed by atoms with Crippen molar-refractivity contribution >= 4 is 17.9 Å². The van der Waals surface area contributed by atoms with Crippen LogP contribution in [0.15, 0.2) is 36.4 Å². The van der Waals surface area contributed by atoms with Gasteiger partial charge in [0.05, 0.1) is 6.42 Å². The van der Waals surface area contributed by atoms with Crippen LogP contribution in [-0.2, 0) is 43.1 Å². The molecule has 12 heteroatoms. The molecule has 0 unspecified atom stereocenters. The number of hydrogen-bond donors (Lipinski definition) is 1. The van der Waals surface area contributed by atoms with E-state index in [-0.39, 0.29) is 43.0 Å². The molecule has 0 radical (unpaired) electrons. The Morgan fingerprint density at radius 1 is 1.00 bits per heavy atom. The highest BCUT2D eigenvalue weighted by Crippen LogP contribution is 2.32. The highest BCUT2D eigenvalue weighted by Gasteiger charge is 2.42. The molecular formula is C32H38F5NO6. The van der Waals surface area contributed by atoms with E-state index in [4.69, 9.17) is 9.47 Å². The molecule has 44 heavy (non-hydrogen) atoms. The highest BCUT2D eigenvalue weighted by molar-refractivity contribution is 5.88. The Morgan fingerprint density at radius 2 is 1.64 bits per heavy atom. The average molecular weight is 628 g/mol. The zero-order valence-electron chi connectivity index (χ0n) is 25.2. The molecular weight excluding hydrogens is 589 g/mol. The van der Waals surface area contributed by atoms with E-state index in [0.717, 1.165) is 31.4 Å². The van der Waals surface area contributed by atoms with Gasteiger partial charge >= 0.3 is 24.1 Å². The van der Waals surface area contributed by atoms with Crippen LogP contribution in [0, 0.1) is 23.5 Å². The van der Waals surface area contributed by atoms with Crippen molar-refractivity contribution in [3.8, 4) is 5.75 Å². The lowest BCUT2D eigenvalue weighted by atomic mass is 9.88. The summed E-state index contributed by atoms with van der Waals surface area (Å²) >= 11 is 0. The van der Waals surface area contributed by atoms with Crippen LogP contribution in [0.1, 0.15) is 63.6 Å². The lowest BCUT2D eigenvalue weighted by Crippen LogP contribution is -2.47. The van der Waals surface area contributed by atoms with Gasteiger partial charge in [-0.05, 0) is 80.2 Å². The van der Waals surface area contributed by atoms with Gasteiger partial charge in [-0.25, -0.2) is 9.18 Å². The molecule has 1 atom stereocenters. The van der Waals surface area contributed by atoms with Gasteiger partial charge in [0.2, 0.25) is 5.82 Å². The molecule has 2 aromatic rings. The summed E-state index contributed by atoms with van der Waals surface area (Å²) in [7, 11) is 0. The first-order chi connectivity index (χ1) is 20.5. The highest BCUT2D eigenvalue weighted by atomic mass is 19.4. The van der Waals surface area contributed by atoms with Crippen LogP contribution in [-0.4, -0.2) is 48.9 Å². The molecule has 2 aromatic carbocycles. The van der Waals surface area contributed by atoms with Crippen LogP contribution < -0.4 is 10.1 Å². The van der Waals surface area contributed by atoms with Crippen molar-refractivity contribution in [1.29, 1.82) is 0 Å². The van der Waals surface area contributed by atoms with Crippen molar-refractivity contribution < 1.29 is 50.5 Å². The maximum absolute atomic E-state index is 14.6. The van der Waals surface area contributed by atoms with Crippen LogP contribution in [0.5, 0.6) is 5.75 Å². The Kier molecular flexibility index (Phi) is 11.9. The number of rotatable bonds is 14. The molecule has 0 aliphatic heterocycles. The van der Waals surface area contributed by atoms with E-state index >= 15 is 0 Å². The molecule has 0 saturated carbocycles. The molecule has 0 spiro atoms. The number of esters is 3. The lowest BCUT2D eigenvalue weighted by molar-refractivity contribution is -0.201. The largest absolute Gasteiger partial charge is 0.491 e. The lowest BCUT2D eigenvalue weighted by Gasteiger charge is -2.31. The second-order valence-electron chi connectivity index (χ2n) is 12.2. The molecule has 0 fully saturated rings. The zero-order valence-corrected chi connectivity index (χ0v) is 25.2. The first-order valence-electron chi connectivity index (χ1n) is 14.5. The Hall–Kier alpha value is -3.54. The fraction of sp³-hybridized carbons (Fsp3) is 0.531. The van der Waals surface area contributed by atoms with E-state index in [1.807, 2.05) is 39.8 Å². The normalized spacial score (nSPS) is 14.3. The van der Waals surface area contributed by atoms with E-state index in [2.05, 4.69) is 22.2 Å². The number of nitrogens with one attached hydrogen (secondary N) is 1. The number of fused-ring (bicyclic) bond motifs is 1.